The molecule has 0 spiro atoms. The van der Waals surface area contributed by atoms with Crippen molar-refractivity contribution in [1.29, 1.82) is 0 Å². The van der Waals surface area contributed by atoms with Crippen molar-refractivity contribution in [3.8, 4) is 11.5 Å². The van der Waals surface area contributed by atoms with Crippen molar-refractivity contribution < 1.29 is 19.0 Å². The first kappa shape index (κ1) is 8.77. The maximum Gasteiger partial charge on any atom is 0.231 e. The van der Waals surface area contributed by atoms with Gasteiger partial charge in [0.15, 0.2) is 11.5 Å². The molecule has 0 aromatic heterocycles. The van der Waals surface area contributed by atoms with Crippen LogP contribution in [-0.4, -0.2) is 11.9 Å². The largest absolute Gasteiger partial charge is 0.453 e. The molecule has 0 saturated heterocycles. The van der Waals surface area contributed by atoms with E-state index in [4.69, 9.17) is 14.6 Å². The minimum absolute atomic E-state index is 0.0856. The number of aliphatic hydroxyl groups is 1. The van der Waals surface area contributed by atoms with Crippen LogP contribution in [0.3, 0.4) is 0 Å². The van der Waals surface area contributed by atoms with E-state index in [-0.39, 0.29) is 19.0 Å². The summed E-state index contributed by atoms with van der Waals surface area (Å²) in [6, 6.07) is 1.21. The quantitative estimate of drug-likeness (QED) is 0.824. The molecule has 1 heterocycles. The van der Waals surface area contributed by atoms with E-state index in [1.54, 1.807) is 0 Å². The first-order valence-corrected chi connectivity index (χ1v) is 4.40. The van der Waals surface area contributed by atoms with Crippen molar-refractivity contribution in [2.75, 3.05) is 6.79 Å². The summed E-state index contributed by atoms with van der Waals surface area (Å²) in [5.41, 5.74) is 0.184. The highest BCUT2D eigenvalue weighted by molar-refractivity contribution is 9.10. The first-order chi connectivity index (χ1) is 6.24. The molecular weight excluding hydrogens is 243 g/mol. The number of benzene rings is 1. The summed E-state index contributed by atoms with van der Waals surface area (Å²) in [6.45, 7) is -0.286. The Morgan fingerprint density at radius 2 is 2.31 bits per heavy atom. The molecule has 2 rings (SSSR count). The molecule has 0 fully saturated rings. The first-order valence-electron chi connectivity index (χ1n) is 3.61. The van der Waals surface area contributed by atoms with E-state index in [1.165, 1.54) is 6.07 Å². The third kappa shape index (κ3) is 1.28. The molecule has 5 heteroatoms. The Morgan fingerprint density at radius 1 is 1.54 bits per heavy atom. The molecule has 0 radical (unpaired) electrons. The fraction of sp³-hybridized carbons (Fsp3) is 0.250. The van der Waals surface area contributed by atoms with Crippen LogP contribution in [0, 0.1) is 5.82 Å². The van der Waals surface area contributed by atoms with Gasteiger partial charge in [0.05, 0.1) is 11.1 Å². The van der Waals surface area contributed by atoms with Crippen molar-refractivity contribution in [2.24, 2.45) is 0 Å². The Labute approximate surface area is 82.2 Å². The summed E-state index contributed by atoms with van der Waals surface area (Å²) in [7, 11) is 0. The Balaban J connectivity index is 2.62. The maximum atomic E-state index is 13.2. The second-order valence-electron chi connectivity index (χ2n) is 2.54. The molecule has 0 amide bonds. The summed E-state index contributed by atoms with van der Waals surface area (Å²) in [5.74, 6) is 0.311. The minimum atomic E-state index is -0.501. The highest BCUT2D eigenvalue weighted by Gasteiger charge is 2.22. The standard InChI is InChI=1S/C8H6BrFO3/c9-7-4(2-11)5(10)1-6-8(7)13-3-12-6/h1,11H,2-3H2. The van der Waals surface area contributed by atoms with Gasteiger partial charge in [0.2, 0.25) is 6.79 Å². The summed E-state index contributed by atoms with van der Waals surface area (Å²) in [5, 5.41) is 8.86. The van der Waals surface area contributed by atoms with E-state index in [2.05, 4.69) is 15.9 Å². The minimum Gasteiger partial charge on any atom is -0.453 e. The van der Waals surface area contributed by atoms with Gasteiger partial charge in [-0.1, -0.05) is 0 Å². The molecule has 0 atom stereocenters. The lowest BCUT2D eigenvalue weighted by Gasteiger charge is -2.05. The molecule has 0 unspecified atom stereocenters. The van der Waals surface area contributed by atoms with Crippen molar-refractivity contribution in [2.45, 2.75) is 6.61 Å². The van der Waals surface area contributed by atoms with E-state index in [0.717, 1.165) is 0 Å². The van der Waals surface area contributed by atoms with E-state index in [1.807, 2.05) is 0 Å². The van der Waals surface area contributed by atoms with Crippen molar-refractivity contribution in [3.63, 3.8) is 0 Å². The van der Waals surface area contributed by atoms with Gasteiger partial charge in [-0.2, -0.15) is 0 Å². The van der Waals surface area contributed by atoms with Crippen LogP contribution in [0.15, 0.2) is 10.5 Å². The van der Waals surface area contributed by atoms with E-state index >= 15 is 0 Å². The lowest BCUT2D eigenvalue weighted by atomic mass is 10.2. The maximum absolute atomic E-state index is 13.2. The van der Waals surface area contributed by atoms with Gasteiger partial charge >= 0.3 is 0 Å². The average Bonchev–Trinajstić information content (AvgIpc) is 2.53. The molecular formula is C8H6BrFO3. The van der Waals surface area contributed by atoms with Crippen LogP contribution in [0.5, 0.6) is 11.5 Å². The average molecular weight is 249 g/mol. The molecule has 0 aliphatic carbocycles. The van der Waals surface area contributed by atoms with Crippen LogP contribution in [0.2, 0.25) is 0 Å². The van der Waals surface area contributed by atoms with E-state index < -0.39 is 5.82 Å². The Hall–Kier alpha value is -0.810. The van der Waals surface area contributed by atoms with Crippen LogP contribution in [0.4, 0.5) is 4.39 Å². The predicted molar refractivity (Wildman–Crippen MR) is 46.1 cm³/mol. The fourth-order valence-electron chi connectivity index (χ4n) is 1.16. The number of halogens is 2. The molecule has 0 saturated carbocycles. The fourth-order valence-corrected chi connectivity index (χ4v) is 1.78. The van der Waals surface area contributed by atoms with Gasteiger partial charge in [0.1, 0.15) is 5.82 Å². The summed E-state index contributed by atoms with van der Waals surface area (Å²) in [4.78, 5) is 0. The number of ether oxygens (including phenoxy) is 2. The van der Waals surface area contributed by atoms with Gasteiger partial charge in [-0.3, -0.25) is 0 Å². The summed E-state index contributed by atoms with van der Waals surface area (Å²) < 4.78 is 23.7. The van der Waals surface area contributed by atoms with Crippen LogP contribution in [-0.2, 0) is 6.61 Å². The number of rotatable bonds is 1. The topological polar surface area (TPSA) is 38.7 Å². The third-order valence-electron chi connectivity index (χ3n) is 1.81. The Morgan fingerprint density at radius 3 is 3.00 bits per heavy atom. The number of aliphatic hydroxyl groups excluding tert-OH is 1. The second-order valence-corrected chi connectivity index (χ2v) is 3.34. The highest BCUT2D eigenvalue weighted by Crippen LogP contribution is 2.42. The molecule has 1 aromatic carbocycles. The third-order valence-corrected chi connectivity index (χ3v) is 2.65. The lowest BCUT2D eigenvalue weighted by molar-refractivity contribution is 0.173. The van der Waals surface area contributed by atoms with Gasteiger partial charge < -0.3 is 14.6 Å². The summed E-state index contributed by atoms with van der Waals surface area (Å²) >= 11 is 3.14. The number of fused-ring (bicyclic) bond motifs is 1. The Kier molecular flexibility index (Phi) is 2.13. The molecule has 1 aliphatic heterocycles. The zero-order valence-corrected chi connectivity index (χ0v) is 8.10. The molecule has 3 nitrogen and oxygen atoms in total. The molecule has 1 aliphatic rings. The number of hydrogen-bond acceptors (Lipinski definition) is 3. The van der Waals surface area contributed by atoms with Crippen molar-refractivity contribution in [1.82, 2.24) is 0 Å². The molecule has 1 aromatic rings. The van der Waals surface area contributed by atoms with Gasteiger partial charge in [-0.15, -0.1) is 0 Å². The van der Waals surface area contributed by atoms with Gasteiger partial charge in [-0.05, 0) is 15.9 Å². The predicted octanol–water partition coefficient (Wildman–Crippen LogP) is 1.81. The molecule has 13 heavy (non-hydrogen) atoms. The number of hydrogen-bond donors (Lipinski definition) is 1. The molecule has 70 valence electrons. The van der Waals surface area contributed by atoms with E-state index in [0.29, 0.717) is 16.0 Å². The zero-order chi connectivity index (χ0) is 9.42. The second kappa shape index (κ2) is 3.16. The monoisotopic (exact) mass is 248 g/mol. The summed E-state index contributed by atoms with van der Waals surface area (Å²) in [6.07, 6.45) is 0. The SMILES string of the molecule is OCc1c(F)cc2c(c1Br)OCO2. The smallest absolute Gasteiger partial charge is 0.231 e. The lowest BCUT2D eigenvalue weighted by Crippen LogP contribution is -1.94. The normalized spacial score (nSPS) is 13.5. The molecule has 0 bridgehead atoms. The van der Waals surface area contributed by atoms with Crippen LogP contribution < -0.4 is 9.47 Å². The van der Waals surface area contributed by atoms with Crippen molar-refractivity contribution in [3.05, 3.63) is 21.9 Å². The van der Waals surface area contributed by atoms with Crippen LogP contribution in [0.1, 0.15) is 5.56 Å². The highest BCUT2D eigenvalue weighted by atomic mass is 79.9. The van der Waals surface area contributed by atoms with Crippen molar-refractivity contribution >= 4 is 15.9 Å². The molecule has 1 N–H and O–H groups in total. The zero-order valence-electron chi connectivity index (χ0n) is 6.51. The van der Waals surface area contributed by atoms with E-state index in [9.17, 15) is 4.39 Å². The Bertz CT molecular complexity index is 350. The van der Waals surface area contributed by atoms with Gasteiger partial charge in [0.25, 0.3) is 0 Å². The van der Waals surface area contributed by atoms with Crippen LogP contribution >= 0.6 is 15.9 Å². The van der Waals surface area contributed by atoms with Crippen LogP contribution in [0.25, 0.3) is 0 Å². The van der Waals surface area contributed by atoms with Gasteiger partial charge in [-0.25, -0.2) is 4.39 Å². The van der Waals surface area contributed by atoms with Gasteiger partial charge in [0, 0.05) is 11.6 Å².